The number of sulfone groups is 1. The van der Waals surface area contributed by atoms with Gasteiger partial charge >= 0.3 is 0 Å². The molecule has 0 spiro atoms. The van der Waals surface area contributed by atoms with E-state index in [4.69, 9.17) is 0 Å². The van der Waals surface area contributed by atoms with Gasteiger partial charge in [0.25, 0.3) is 0 Å². The SMILES string of the molecule is CCNC(c1ccc(CC)cc1)C(C)S(=O)(=O)C(C)C. The highest BCUT2D eigenvalue weighted by molar-refractivity contribution is 7.92. The quantitative estimate of drug-likeness (QED) is 0.841. The Balaban J connectivity index is 3.10. The molecule has 0 bridgehead atoms. The molecule has 0 aromatic heterocycles. The van der Waals surface area contributed by atoms with Gasteiger partial charge in [-0.05, 0) is 44.9 Å². The molecule has 20 heavy (non-hydrogen) atoms. The van der Waals surface area contributed by atoms with E-state index in [1.165, 1.54) is 5.56 Å². The van der Waals surface area contributed by atoms with E-state index in [1.54, 1.807) is 20.8 Å². The Kier molecular flexibility index (Phi) is 6.21. The summed E-state index contributed by atoms with van der Waals surface area (Å²) in [7, 11) is -3.12. The van der Waals surface area contributed by atoms with Gasteiger partial charge in [-0.3, -0.25) is 0 Å². The summed E-state index contributed by atoms with van der Waals surface area (Å²) in [4.78, 5) is 0. The molecule has 2 unspecified atom stereocenters. The number of rotatable bonds is 7. The Morgan fingerprint density at radius 2 is 1.60 bits per heavy atom. The van der Waals surface area contributed by atoms with Crippen LogP contribution < -0.4 is 5.32 Å². The summed E-state index contributed by atoms with van der Waals surface area (Å²) in [5, 5.41) is 2.53. The molecular formula is C16H27NO2S. The summed E-state index contributed by atoms with van der Waals surface area (Å²) in [5.74, 6) is 0. The van der Waals surface area contributed by atoms with E-state index >= 15 is 0 Å². The summed E-state index contributed by atoms with van der Waals surface area (Å²) in [6.07, 6.45) is 0.992. The van der Waals surface area contributed by atoms with Gasteiger partial charge in [0.15, 0.2) is 9.84 Å². The lowest BCUT2D eigenvalue weighted by Crippen LogP contribution is -2.38. The number of hydrogen-bond acceptors (Lipinski definition) is 3. The van der Waals surface area contributed by atoms with Crippen molar-refractivity contribution in [1.82, 2.24) is 5.32 Å². The molecule has 1 rings (SSSR count). The Hall–Kier alpha value is -0.870. The van der Waals surface area contributed by atoms with Crippen LogP contribution in [0.15, 0.2) is 24.3 Å². The van der Waals surface area contributed by atoms with Gasteiger partial charge in [-0.15, -0.1) is 0 Å². The van der Waals surface area contributed by atoms with Gasteiger partial charge < -0.3 is 5.32 Å². The maximum Gasteiger partial charge on any atom is 0.157 e. The topological polar surface area (TPSA) is 46.2 Å². The number of nitrogens with one attached hydrogen (secondary N) is 1. The standard InChI is InChI=1S/C16H27NO2S/c1-6-14-8-10-15(11-9-14)16(17-7-2)13(5)20(18,19)12(3)4/h8-13,16-17H,6-7H2,1-5H3. The molecule has 3 nitrogen and oxygen atoms in total. The number of benzene rings is 1. The lowest BCUT2D eigenvalue weighted by atomic mass is 10.0. The summed E-state index contributed by atoms with van der Waals surface area (Å²) in [6.45, 7) is 10.2. The van der Waals surface area contributed by atoms with Crippen LogP contribution in [0.4, 0.5) is 0 Å². The minimum Gasteiger partial charge on any atom is -0.309 e. The van der Waals surface area contributed by atoms with Crippen LogP contribution in [0.25, 0.3) is 0 Å². The molecule has 1 aromatic carbocycles. The van der Waals surface area contributed by atoms with Crippen molar-refractivity contribution in [2.24, 2.45) is 0 Å². The molecule has 0 aliphatic rings. The fraction of sp³-hybridized carbons (Fsp3) is 0.625. The first-order valence-corrected chi connectivity index (χ1v) is 9.00. The van der Waals surface area contributed by atoms with Crippen molar-refractivity contribution in [3.8, 4) is 0 Å². The van der Waals surface area contributed by atoms with Crippen molar-refractivity contribution < 1.29 is 8.42 Å². The van der Waals surface area contributed by atoms with E-state index in [2.05, 4.69) is 24.4 Å². The first-order chi connectivity index (χ1) is 9.34. The van der Waals surface area contributed by atoms with Gasteiger partial charge in [-0.2, -0.15) is 0 Å². The van der Waals surface area contributed by atoms with Gasteiger partial charge in [-0.1, -0.05) is 38.1 Å². The molecular weight excluding hydrogens is 270 g/mol. The number of hydrogen-bond donors (Lipinski definition) is 1. The van der Waals surface area contributed by atoms with Crippen LogP contribution in [0.2, 0.25) is 0 Å². The molecule has 0 radical (unpaired) electrons. The molecule has 0 aliphatic heterocycles. The van der Waals surface area contributed by atoms with Crippen LogP contribution >= 0.6 is 0 Å². The first kappa shape index (κ1) is 17.2. The van der Waals surface area contributed by atoms with Gasteiger partial charge in [-0.25, -0.2) is 8.42 Å². The van der Waals surface area contributed by atoms with Crippen molar-refractivity contribution in [2.75, 3.05) is 6.54 Å². The second kappa shape index (κ2) is 7.23. The van der Waals surface area contributed by atoms with Crippen molar-refractivity contribution in [2.45, 2.75) is 57.6 Å². The van der Waals surface area contributed by atoms with Crippen LogP contribution in [0.3, 0.4) is 0 Å². The van der Waals surface area contributed by atoms with Crippen LogP contribution in [-0.2, 0) is 16.3 Å². The fourth-order valence-electron chi connectivity index (χ4n) is 2.35. The Labute approximate surface area is 123 Å². The molecule has 2 atom stereocenters. The third-order valence-electron chi connectivity index (χ3n) is 3.82. The van der Waals surface area contributed by atoms with E-state index in [1.807, 2.05) is 19.1 Å². The zero-order valence-corrected chi connectivity index (χ0v) is 14.0. The molecule has 1 aromatic rings. The molecule has 0 saturated heterocycles. The highest BCUT2D eigenvalue weighted by Crippen LogP contribution is 2.25. The van der Waals surface area contributed by atoms with Gasteiger partial charge in [0, 0.05) is 6.04 Å². The molecule has 0 aliphatic carbocycles. The summed E-state index contributed by atoms with van der Waals surface area (Å²) >= 11 is 0. The first-order valence-electron chi connectivity index (χ1n) is 7.39. The summed E-state index contributed by atoms with van der Waals surface area (Å²) < 4.78 is 24.8. The zero-order chi connectivity index (χ0) is 15.3. The average molecular weight is 297 g/mol. The van der Waals surface area contributed by atoms with Crippen LogP contribution in [0.1, 0.15) is 51.8 Å². The third-order valence-corrected chi connectivity index (χ3v) is 6.44. The minimum atomic E-state index is -3.12. The van der Waals surface area contributed by atoms with Crippen molar-refractivity contribution >= 4 is 9.84 Å². The van der Waals surface area contributed by atoms with Gasteiger partial charge in [0.2, 0.25) is 0 Å². The van der Waals surface area contributed by atoms with Gasteiger partial charge in [0.1, 0.15) is 0 Å². The molecule has 0 saturated carbocycles. The van der Waals surface area contributed by atoms with E-state index in [9.17, 15) is 8.42 Å². The van der Waals surface area contributed by atoms with Crippen LogP contribution in [0, 0.1) is 0 Å². The number of aryl methyl sites for hydroxylation is 1. The second-order valence-corrected chi connectivity index (χ2v) is 8.34. The van der Waals surface area contributed by atoms with Crippen molar-refractivity contribution in [1.29, 1.82) is 0 Å². The van der Waals surface area contributed by atoms with E-state index in [0.29, 0.717) is 0 Å². The van der Waals surface area contributed by atoms with Crippen molar-refractivity contribution in [3.05, 3.63) is 35.4 Å². The summed E-state index contributed by atoms with van der Waals surface area (Å²) in [6, 6.07) is 8.08. The molecule has 0 amide bonds. The Bertz CT molecular complexity index is 506. The molecule has 1 N–H and O–H groups in total. The van der Waals surface area contributed by atoms with E-state index in [0.717, 1.165) is 18.5 Å². The van der Waals surface area contributed by atoms with Crippen LogP contribution in [0.5, 0.6) is 0 Å². The fourth-order valence-corrected chi connectivity index (χ4v) is 3.85. The molecule has 0 heterocycles. The highest BCUT2D eigenvalue weighted by atomic mass is 32.2. The molecule has 0 fully saturated rings. The maximum atomic E-state index is 12.4. The predicted molar refractivity (Wildman–Crippen MR) is 85.8 cm³/mol. The minimum absolute atomic E-state index is 0.154. The predicted octanol–water partition coefficient (Wildman–Crippen LogP) is 3.11. The smallest absolute Gasteiger partial charge is 0.157 e. The third kappa shape index (κ3) is 3.83. The van der Waals surface area contributed by atoms with Crippen molar-refractivity contribution in [3.63, 3.8) is 0 Å². The average Bonchev–Trinajstić information content (AvgIpc) is 2.44. The maximum absolute atomic E-state index is 12.4. The largest absolute Gasteiger partial charge is 0.309 e. The van der Waals surface area contributed by atoms with Gasteiger partial charge in [0.05, 0.1) is 10.5 Å². The van der Waals surface area contributed by atoms with E-state index in [-0.39, 0.29) is 11.3 Å². The Morgan fingerprint density at radius 3 is 2.00 bits per heavy atom. The lowest BCUT2D eigenvalue weighted by Gasteiger charge is -2.27. The second-order valence-electron chi connectivity index (χ2n) is 5.47. The molecule has 4 heteroatoms. The van der Waals surface area contributed by atoms with Crippen LogP contribution in [-0.4, -0.2) is 25.5 Å². The zero-order valence-electron chi connectivity index (χ0n) is 13.2. The normalized spacial score (nSPS) is 15.3. The Morgan fingerprint density at radius 1 is 1.05 bits per heavy atom. The monoisotopic (exact) mass is 297 g/mol. The lowest BCUT2D eigenvalue weighted by molar-refractivity contribution is 0.505. The highest BCUT2D eigenvalue weighted by Gasteiger charge is 2.32. The van der Waals surface area contributed by atoms with E-state index < -0.39 is 15.1 Å². The summed E-state index contributed by atoms with van der Waals surface area (Å²) in [5.41, 5.74) is 2.31. The molecule has 114 valence electrons.